The molecule has 0 aliphatic rings. The first kappa shape index (κ1) is 24.6. The highest BCUT2D eigenvalue weighted by molar-refractivity contribution is 6.68. The Bertz CT molecular complexity index is 1420. The minimum Gasteiger partial charge on any atom is -0.382 e. The summed E-state index contributed by atoms with van der Waals surface area (Å²) >= 11 is 11.5. The van der Waals surface area contributed by atoms with E-state index in [0.717, 1.165) is 4.68 Å². The summed E-state index contributed by atoms with van der Waals surface area (Å²) in [5.41, 5.74) is -0.426. The van der Waals surface area contributed by atoms with Gasteiger partial charge in [-0.3, -0.25) is 4.79 Å². The van der Waals surface area contributed by atoms with Crippen LogP contribution < -0.4 is 5.69 Å². The predicted molar refractivity (Wildman–Crippen MR) is 120 cm³/mol. The molecule has 0 aliphatic carbocycles. The molecular formula is C21H15Cl2F3N6O3. The van der Waals surface area contributed by atoms with Crippen LogP contribution in [0.25, 0.3) is 17.1 Å². The number of hydrogen-bond acceptors (Lipinski definition) is 6. The normalized spacial score (nSPS) is 13.2. The summed E-state index contributed by atoms with van der Waals surface area (Å²) in [6, 6.07) is 12.1. The van der Waals surface area contributed by atoms with Crippen molar-refractivity contribution in [2.75, 3.05) is 0 Å². The Kier molecular flexibility index (Phi) is 7.05. The van der Waals surface area contributed by atoms with E-state index in [1.807, 2.05) is 0 Å². The summed E-state index contributed by atoms with van der Waals surface area (Å²) in [6.45, 7) is -0.367. The zero-order valence-electron chi connectivity index (χ0n) is 17.5. The van der Waals surface area contributed by atoms with Crippen molar-refractivity contribution < 1.29 is 23.1 Å². The Hall–Kier alpha value is -3.48. The summed E-state index contributed by atoms with van der Waals surface area (Å²) in [7, 11) is 0. The van der Waals surface area contributed by atoms with Crippen molar-refractivity contribution in [2.45, 2.75) is 25.4 Å². The van der Waals surface area contributed by atoms with E-state index in [4.69, 9.17) is 23.2 Å². The third-order valence-electron chi connectivity index (χ3n) is 4.95. The maximum Gasteiger partial charge on any atom is 0.349 e. The average molecular weight is 527 g/mol. The lowest BCUT2D eigenvalue weighted by molar-refractivity contribution is -0.0723. The van der Waals surface area contributed by atoms with Crippen LogP contribution in [0.15, 0.2) is 59.7 Å². The van der Waals surface area contributed by atoms with Gasteiger partial charge in [0.25, 0.3) is 11.7 Å². The molecule has 0 aliphatic heterocycles. The molecule has 0 spiro atoms. The molecular weight excluding hydrogens is 512 g/mol. The molecule has 0 radical (unpaired) electrons. The van der Waals surface area contributed by atoms with E-state index >= 15 is 0 Å². The van der Waals surface area contributed by atoms with Crippen LogP contribution in [-0.2, 0) is 6.54 Å². The zero-order chi connectivity index (χ0) is 25.3. The highest BCUT2D eigenvalue weighted by Crippen LogP contribution is 2.26. The number of halogens is 5. The second-order valence-electron chi connectivity index (χ2n) is 7.23. The molecule has 2 atom stereocenters. The van der Waals surface area contributed by atoms with Gasteiger partial charge in [0, 0.05) is 10.6 Å². The fraction of sp³-hybridized carbons (Fsp3) is 0.190. The smallest absolute Gasteiger partial charge is 0.349 e. The monoisotopic (exact) mass is 526 g/mol. The van der Waals surface area contributed by atoms with Gasteiger partial charge in [-0.25, -0.2) is 36.9 Å². The van der Waals surface area contributed by atoms with E-state index in [1.165, 1.54) is 41.3 Å². The van der Waals surface area contributed by atoms with E-state index < -0.39 is 29.8 Å². The topological polar surface area (TPSA) is 108 Å². The lowest BCUT2D eigenvalue weighted by Crippen LogP contribution is -2.35. The van der Waals surface area contributed by atoms with Gasteiger partial charge in [-0.15, -0.1) is 10.2 Å². The molecule has 9 nitrogen and oxygen atoms in total. The van der Waals surface area contributed by atoms with Gasteiger partial charge in [0.1, 0.15) is 12.9 Å². The molecule has 2 heterocycles. The summed E-state index contributed by atoms with van der Waals surface area (Å²) in [6.07, 6.45) is -7.72. The van der Waals surface area contributed by atoms with Crippen LogP contribution in [0.4, 0.5) is 13.2 Å². The highest BCUT2D eigenvalue weighted by Gasteiger charge is 2.33. The van der Waals surface area contributed by atoms with Crippen molar-refractivity contribution in [3.05, 3.63) is 81.8 Å². The van der Waals surface area contributed by atoms with Crippen LogP contribution in [0.5, 0.6) is 0 Å². The number of aromatic nitrogens is 6. The highest BCUT2D eigenvalue weighted by atomic mass is 35.5. The molecule has 1 N–H and O–H groups in total. The molecule has 0 amide bonds. The summed E-state index contributed by atoms with van der Waals surface area (Å²) in [5.74, 6) is -0.266. The number of alkyl halides is 3. The minimum atomic E-state index is -3.44. The second-order valence-corrected chi connectivity index (χ2v) is 8.01. The summed E-state index contributed by atoms with van der Waals surface area (Å²) < 4.78 is 43.2. The molecule has 0 saturated carbocycles. The first-order valence-corrected chi connectivity index (χ1v) is 10.7. The van der Waals surface area contributed by atoms with Crippen molar-refractivity contribution in [1.29, 1.82) is 0 Å². The van der Waals surface area contributed by atoms with Gasteiger partial charge >= 0.3 is 5.69 Å². The first-order valence-electron chi connectivity index (χ1n) is 9.92. The third kappa shape index (κ3) is 4.99. The molecule has 2 aromatic heterocycles. The molecule has 0 fully saturated rings. The van der Waals surface area contributed by atoms with Crippen molar-refractivity contribution in [3.8, 4) is 17.1 Å². The largest absolute Gasteiger partial charge is 0.382 e. The Balaban J connectivity index is 1.74. The van der Waals surface area contributed by atoms with Gasteiger partial charge in [0.2, 0.25) is 6.30 Å². The molecule has 0 bridgehead atoms. The van der Waals surface area contributed by atoms with E-state index in [-0.39, 0.29) is 29.3 Å². The quantitative estimate of drug-likeness (QED) is 0.352. The zero-order valence-corrected chi connectivity index (χ0v) is 19.0. The van der Waals surface area contributed by atoms with Gasteiger partial charge in [0.05, 0.1) is 11.3 Å². The summed E-state index contributed by atoms with van der Waals surface area (Å²) in [4.78, 5) is 28.7. The number of benzene rings is 2. The lowest BCUT2D eigenvalue weighted by atomic mass is 10.2. The molecule has 2 aromatic carbocycles. The number of aliphatic hydroxyl groups excluding tert-OH is 1. The molecule has 0 saturated heterocycles. The molecule has 1 unspecified atom stereocenters. The Morgan fingerprint density at radius 1 is 1.06 bits per heavy atom. The molecule has 182 valence electrons. The van der Waals surface area contributed by atoms with Crippen molar-refractivity contribution in [3.63, 3.8) is 0 Å². The first-order chi connectivity index (χ1) is 16.7. The lowest BCUT2D eigenvalue weighted by Gasteiger charge is -2.16. The van der Waals surface area contributed by atoms with Crippen LogP contribution in [0, 0.1) is 0 Å². The number of aliphatic hydroxyl groups is 1. The SMILES string of the molecule is O=C(Cl)c1ccccc1-n1cnc(Cn2nc(-c3ccc(Cl)cc3)n(C(F)[C@H](O)C(F)F)c2=O)n1. The number of nitrogens with zero attached hydrogens (tertiary/aromatic N) is 6. The maximum absolute atomic E-state index is 14.8. The van der Waals surface area contributed by atoms with E-state index in [2.05, 4.69) is 15.2 Å². The van der Waals surface area contributed by atoms with E-state index in [9.17, 15) is 27.9 Å². The number of carbonyl (C=O) groups is 1. The Morgan fingerprint density at radius 2 is 1.74 bits per heavy atom. The van der Waals surface area contributed by atoms with Crippen molar-refractivity contribution in [2.24, 2.45) is 0 Å². The number of para-hydroxylation sites is 1. The maximum atomic E-state index is 14.8. The third-order valence-corrected chi connectivity index (χ3v) is 5.41. The van der Waals surface area contributed by atoms with Crippen molar-refractivity contribution >= 4 is 28.4 Å². The van der Waals surface area contributed by atoms with Crippen LogP contribution in [-0.4, -0.2) is 52.0 Å². The summed E-state index contributed by atoms with van der Waals surface area (Å²) in [5, 5.41) is 17.5. The fourth-order valence-corrected chi connectivity index (χ4v) is 3.56. The van der Waals surface area contributed by atoms with E-state index in [0.29, 0.717) is 15.3 Å². The van der Waals surface area contributed by atoms with Gasteiger partial charge in [0.15, 0.2) is 17.8 Å². The average Bonchev–Trinajstić information content (AvgIpc) is 3.43. The Labute approximate surface area is 205 Å². The molecule has 4 aromatic rings. The number of hydrogen-bond donors (Lipinski definition) is 1. The van der Waals surface area contributed by atoms with Gasteiger partial charge < -0.3 is 5.11 Å². The standard InChI is InChI=1S/C21H15Cl2F3N6O3/c22-12-7-5-11(6-8-12)20-29-30(21(35)32(20)19(26)16(33)18(24)25)9-15-27-10-31(28-15)14-4-2-1-3-13(14)17(23)34/h1-8,10,16,18-19,33H,9H2/t16-,19?/m1/s1. The van der Waals surface area contributed by atoms with Crippen LogP contribution in [0.3, 0.4) is 0 Å². The van der Waals surface area contributed by atoms with E-state index in [1.54, 1.807) is 18.2 Å². The second kappa shape index (κ2) is 10.0. The minimum absolute atomic E-state index is 0.0426. The fourth-order valence-electron chi connectivity index (χ4n) is 3.27. The number of rotatable bonds is 8. The molecule has 4 rings (SSSR count). The molecule has 35 heavy (non-hydrogen) atoms. The van der Waals surface area contributed by atoms with Crippen LogP contribution in [0.1, 0.15) is 22.5 Å². The van der Waals surface area contributed by atoms with Crippen molar-refractivity contribution in [1.82, 2.24) is 29.1 Å². The van der Waals surface area contributed by atoms with Crippen LogP contribution in [0.2, 0.25) is 5.02 Å². The van der Waals surface area contributed by atoms with Gasteiger partial charge in [-0.1, -0.05) is 23.7 Å². The Morgan fingerprint density at radius 3 is 2.40 bits per heavy atom. The van der Waals surface area contributed by atoms with Gasteiger partial charge in [-0.05, 0) is 48.0 Å². The number of carbonyl (C=O) groups excluding carboxylic acids is 1. The predicted octanol–water partition coefficient (Wildman–Crippen LogP) is 3.47. The van der Waals surface area contributed by atoms with Crippen LogP contribution >= 0.6 is 23.2 Å². The molecule has 14 heteroatoms. The van der Waals surface area contributed by atoms with Gasteiger partial charge in [-0.2, -0.15) is 0 Å².